The monoisotopic (exact) mass is 273 g/mol. The molecule has 1 fully saturated rings. The fraction of sp³-hybridized carbons (Fsp3) is 0.562. The van der Waals surface area contributed by atoms with E-state index in [9.17, 15) is 0 Å². The van der Waals surface area contributed by atoms with Crippen molar-refractivity contribution >= 4 is 10.9 Å². The summed E-state index contributed by atoms with van der Waals surface area (Å²) in [6, 6.07) is 8.32. The number of nitrogens with zero attached hydrogens (tertiary/aromatic N) is 2. The second-order valence-electron chi connectivity index (χ2n) is 5.84. The van der Waals surface area contributed by atoms with E-state index in [0.717, 1.165) is 25.1 Å². The summed E-state index contributed by atoms with van der Waals surface area (Å²) in [7, 11) is 0. The first-order chi connectivity index (χ1) is 9.72. The molecule has 0 unspecified atom stereocenters. The number of hydrogen-bond acceptors (Lipinski definition) is 3. The van der Waals surface area contributed by atoms with Crippen LogP contribution in [0.25, 0.3) is 10.9 Å². The van der Waals surface area contributed by atoms with Crippen LogP contribution in [0.15, 0.2) is 24.3 Å². The van der Waals surface area contributed by atoms with Crippen molar-refractivity contribution in [3.8, 4) is 0 Å². The Hall–Kier alpha value is -1.39. The van der Waals surface area contributed by atoms with Crippen molar-refractivity contribution in [1.82, 2.24) is 9.78 Å². The molecule has 1 saturated carbocycles. The summed E-state index contributed by atoms with van der Waals surface area (Å²) in [5.74, 6) is 0. The zero-order valence-electron chi connectivity index (χ0n) is 12.1. The van der Waals surface area contributed by atoms with E-state index in [-0.39, 0.29) is 5.54 Å². The summed E-state index contributed by atoms with van der Waals surface area (Å²) >= 11 is 0. The van der Waals surface area contributed by atoms with Gasteiger partial charge in [0, 0.05) is 17.5 Å². The number of benzene rings is 1. The Morgan fingerprint density at radius 3 is 2.80 bits per heavy atom. The van der Waals surface area contributed by atoms with Gasteiger partial charge in [-0.3, -0.25) is 4.68 Å². The molecule has 108 valence electrons. The smallest absolute Gasteiger partial charge is 0.0960 e. The summed E-state index contributed by atoms with van der Waals surface area (Å²) in [5.41, 5.74) is 8.40. The lowest BCUT2D eigenvalue weighted by atomic mass is 10.0. The predicted molar refractivity (Wildman–Crippen MR) is 80.4 cm³/mol. The van der Waals surface area contributed by atoms with Crippen LogP contribution in [-0.4, -0.2) is 21.9 Å². The van der Waals surface area contributed by atoms with Crippen LogP contribution in [0.1, 0.15) is 38.3 Å². The molecule has 1 heterocycles. The molecule has 2 N–H and O–H groups in total. The quantitative estimate of drug-likeness (QED) is 0.911. The molecule has 20 heavy (non-hydrogen) atoms. The summed E-state index contributed by atoms with van der Waals surface area (Å²) in [5, 5.41) is 5.83. The average molecular weight is 273 g/mol. The van der Waals surface area contributed by atoms with E-state index in [2.05, 4.69) is 30.2 Å². The van der Waals surface area contributed by atoms with Crippen LogP contribution in [0, 0.1) is 0 Å². The fourth-order valence-electron chi connectivity index (χ4n) is 3.12. The number of rotatable bonds is 5. The minimum absolute atomic E-state index is 0.108. The van der Waals surface area contributed by atoms with Crippen molar-refractivity contribution in [1.29, 1.82) is 0 Å². The Morgan fingerprint density at radius 2 is 2.05 bits per heavy atom. The molecule has 1 aromatic heterocycles. The van der Waals surface area contributed by atoms with Gasteiger partial charge in [0.05, 0.1) is 24.4 Å². The molecule has 3 rings (SSSR count). The van der Waals surface area contributed by atoms with Gasteiger partial charge in [-0.2, -0.15) is 5.10 Å². The van der Waals surface area contributed by atoms with Gasteiger partial charge in [-0.25, -0.2) is 0 Å². The summed E-state index contributed by atoms with van der Waals surface area (Å²) in [4.78, 5) is 0. The van der Waals surface area contributed by atoms with E-state index < -0.39 is 0 Å². The number of para-hydroxylation sites is 1. The van der Waals surface area contributed by atoms with Crippen LogP contribution in [0.5, 0.6) is 0 Å². The number of nitrogens with two attached hydrogens (primary N) is 1. The van der Waals surface area contributed by atoms with Crippen molar-refractivity contribution in [2.75, 3.05) is 6.61 Å². The molecule has 0 atom stereocenters. The number of fused-ring (bicyclic) bond motifs is 1. The van der Waals surface area contributed by atoms with Crippen LogP contribution in [0.4, 0.5) is 0 Å². The largest absolute Gasteiger partial charge is 0.373 e. The van der Waals surface area contributed by atoms with E-state index in [1.54, 1.807) is 0 Å². The van der Waals surface area contributed by atoms with Crippen LogP contribution >= 0.6 is 0 Å². The highest BCUT2D eigenvalue weighted by Gasteiger charge is 2.29. The zero-order valence-corrected chi connectivity index (χ0v) is 12.1. The van der Waals surface area contributed by atoms with Gasteiger partial charge in [0.25, 0.3) is 0 Å². The number of aromatic nitrogens is 2. The SMILES string of the molecule is CCn1nc(COCC2(N)CCCC2)c2ccccc21. The standard InChI is InChI=1S/C16H23N3O/c1-2-19-15-8-4-3-7-13(15)14(18-19)11-20-12-16(17)9-5-6-10-16/h3-4,7-8H,2,5-6,9-12,17H2,1H3. The van der Waals surface area contributed by atoms with Crippen LogP contribution in [0.3, 0.4) is 0 Å². The second kappa shape index (κ2) is 5.54. The highest BCUT2D eigenvalue weighted by molar-refractivity contribution is 5.81. The molecule has 1 aromatic carbocycles. The Labute approximate surface area is 119 Å². The molecule has 0 radical (unpaired) electrons. The first kappa shape index (κ1) is 13.6. The van der Waals surface area contributed by atoms with Crippen LogP contribution in [-0.2, 0) is 17.9 Å². The Morgan fingerprint density at radius 1 is 1.30 bits per heavy atom. The van der Waals surface area contributed by atoms with Gasteiger partial charge in [0.15, 0.2) is 0 Å². The lowest BCUT2D eigenvalue weighted by Gasteiger charge is -2.22. The van der Waals surface area contributed by atoms with Crippen molar-refractivity contribution in [3.63, 3.8) is 0 Å². The van der Waals surface area contributed by atoms with Crippen molar-refractivity contribution in [2.45, 2.75) is 51.3 Å². The van der Waals surface area contributed by atoms with Gasteiger partial charge < -0.3 is 10.5 Å². The first-order valence-corrected chi connectivity index (χ1v) is 7.53. The minimum atomic E-state index is -0.108. The van der Waals surface area contributed by atoms with Gasteiger partial charge in [-0.1, -0.05) is 31.0 Å². The molecular formula is C16H23N3O. The molecule has 1 aliphatic rings. The molecule has 2 aromatic rings. The average Bonchev–Trinajstić information content (AvgIpc) is 3.04. The van der Waals surface area contributed by atoms with Crippen molar-refractivity contribution < 1.29 is 4.74 Å². The Balaban J connectivity index is 1.71. The highest BCUT2D eigenvalue weighted by atomic mass is 16.5. The van der Waals surface area contributed by atoms with E-state index in [1.165, 1.54) is 23.7 Å². The highest BCUT2D eigenvalue weighted by Crippen LogP contribution is 2.28. The Bertz CT molecular complexity index is 584. The molecule has 0 bridgehead atoms. The Kier molecular flexibility index (Phi) is 3.76. The number of ether oxygens (including phenoxy) is 1. The topological polar surface area (TPSA) is 53.1 Å². The molecule has 0 saturated heterocycles. The molecule has 0 aliphatic heterocycles. The van der Waals surface area contributed by atoms with E-state index in [0.29, 0.717) is 13.2 Å². The molecular weight excluding hydrogens is 250 g/mol. The van der Waals surface area contributed by atoms with E-state index >= 15 is 0 Å². The fourth-order valence-corrected chi connectivity index (χ4v) is 3.12. The third-order valence-corrected chi connectivity index (χ3v) is 4.26. The zero-order chi connectivity index (χ0) is 14.0. The molecule has 1 aliphatic carbocycles. The van der Waals surface area contributed by atoms with E-state index in [1.807, 2.05) is 10.7 Å². The van der Waals surface area contributed by atoms with Gasteiger partial charge in [0.2, 0.25) is 0 Å². The lowest BCUT2D eigenvalue weighted by Crippen LogP contribution is -2.41. The maximum Gasteiger partial charge on any atom is 0.0960 e. The molecule has 4 heteroatoms. The molecule has 4 nitrogen and oxygen atoms in total. The second-order valence-corrected chi connectivity index (χ2v) is 5.84. The minimum Gasteiger partial charge on any atom is -0.373 e. The third-order valence-electron chi connectivity index (χ3n) is 4.26. The van der Waals surface area contributed by atoms with E-state index in [4.69, 9.17) is 10.5 Å². The molecule has 0 amide bonds. The normalized spacial score (nSPS) is 17.9. The predicted octanol–water partition coefficient (Wildman–Crippen LogP) is 2.84. The molecule has 0 spiro atoms. The summed E-state index contributed by atoms with van der Waals surface area (Å²) in [6.07, 6.45) is 4.62. The lowest BCUT2D eigenvalue weighted by molar-refractivity contribution is 0.0734. The third kappa shape index (κ3) is 2.58. The maximum absolute atomic E-state index is 6.32. The number of aryl methyl sites for hydroxylation is 1. The number of hydrogen-bond donors (Lipinski definition) is 1. The van der Waals surface area contributed by atoms with Crippen molar-refractivity contribution in [3.05, 3.63) is 30.0 Å². The van der Waals surface area contributed by atoms with Gasteiger partial charge >= 0.3 is 0 Å². The van der Waals surface area contributed by atoms with Gasteiger partial charge in [0.1, 0.15) is 0 Å². The summed E-state index contributed by atoms with van der Waals surface area (Å²) in [6.45, 7) is 4.17. The maximum atomic E-state index is 6.32. The first-order valence-electron chi connectivity index (χ1n) is 7.53. The van der Waals surface area contributed by atoms with Gasteiger partial charge in [-0.05, 0) is 25.8 Å². The summed E-state index contributed by atoms with van der Waals surface area (Å²) < 4.78 is 7.90. The van der Waals surface area contributed by atoms with Gasteiger partial charge in [-0.15, -0.1) is 0 Å². The van der Waals surface area contributed by atoms with Crippen LogP contribution < -0.4 is 5.73 Å². The van der Waals surface area contributed by atoms with Crippen molar-refractivity contribution in [2.24, 2.45) is 5.73 Å². The van der Waals surface area contributed by atoms with Crippen LogP contribution in [0.2, 0.25) is 0 Å².